The van der Waals surface area contributed by atoms with Crippen molar-refractivity contribution in [3.05, 3.63) is 29.8 Å². The molecule has 0 aliphatic carbocycles. The fourth-order valence-corrected chi connectivity index (χ4v) is 1.20. The molecule has 0 saturated heterocycles. The number of rotatable bonds is 1. The summed E-state index contributed by atoms with van der Waals surface area (Å²) in [7, 11) is 0. The zero-order valence-corrected chi connectivity index (χ0v) is 7.58. The molecule has 0 bridgehead atoms. The number of halogens is 1. The van der Waals surface area contributed by atoms with E-state index in [4.69, 9.17) is 5.73 Å². The van der Waals surface area contributed by atoms with Crippen molar-refractivity contribution in [1.29, 1.82) is 0 Å². The highest BCUT2D eigenvalue weighted by Crippen LogP contribution is 2.22. The molecule has 3 N–H and O–H groups in total. The molecule has 14 heavy (non-hydrogen) atoms. The fourth-order valence-electron chi connectivity index (χ4n) is 1.20. The summed E-state index contributed by atoms with van der Waals surface area (Å²) in [4.78, 5) is 3.82. The molecule has 0 aliphatic heterocycles. The van der Waals surface area contributed by atoms with Crippen LogP contribution in [0.15, 0.2) is 18.3 Å². The first-order valence-corrected chi connectivity index (χ1v) is 4.11. The Labute approximate surface area is 80.0 Å². The van der Waals surface area contributed by atoms with E-state index >= 15 is 0 Å². The third-order valence-electron chi connectivity index (χ3n) is 1.93. The van der Waals surface area contributed by atoms with Gasteiger partial charge in [-0.05, 0) is 19.1 Å². The lowest BCUT2D eigenvalue weighted by Crippen LogP contribution is -1.90. The molecule has 0 saturated carbocycles. The molecule has 2 heterocycles. The topological polar surface area (TPSA) is 67.6 Å². The third-order valence-corrected chi connectivity index (χ3v) is 1.93. The number of nitrogens with one attached hydrogen (secondary N) is 1. The average molecular weight is 192 g/mol. The van der Waals surface area contributed by atoms with Crippen LogP contribution in [0.25, 0.3) is 11.3 Å². The van der Waals surface area contributed by atoms with Gasteiger partial charge in [-0.15, -0.1) is 0 Å². The highest BCUT2D eigenvalue weighted by atomic mass is 19.1. The van der Waals surface area contributed by atoms with Crippen molar-refractivity contribution in [3.63, 3.8) is 0 Å². The Bertz CT molecular complexity index is 464. The van der Waals surface area contributed by atoms with Crippen molar-refractivity contribution in [2.75, 3.05) is 5.73 Å². The van der Waals surface area contributed by atoms with Gasteiger partial charge in [0.25, 0.3) is 0 Å². The van der Waals surface area contributed by atoms with Gasteiger partial charge in [-0.25, -0.2) is 9.37 Å². The first kappa shape index (κ1) is 8.68. The summed E-state index contributed by atoms with van der Waals surface area (Å²) in [5.41, 5.74) is 6.79. The lowest BCUT2D eigenvalue weighted by molar-refractivity contribution is 0.622. The molecular formula is C9H9FN4. The minimum absolute atomic E-state index is 0.275. The zero-order chi connectivity index (χ0) is 10.1. The van der Waals surface area contributed by atoms with Crippen molar-refractivity contribution >= 4 is 5.82 Å². The monoisotopic (exact) mass is 192 g/mol. The molecule has 2 rings (SSSR count). The van der Waals surface area contributed by atoms with Gasteiger partial charge in [0.1, 0.15) is 11.5 Å². The van der Waals surface area contributed by atoms with Crippen molar-refractivity contribution in [2.45, 2.75) is 6.92 Å². The predicted octanol–water partition coefficient (Wildman–Crippen LogP) is 1.50. The van der Waals surface area contributed by atoms with Crippen LogP contribution in [0.2, 0.25) is 0 Å². The van der Waals surface area contributed by atoms with Gasteiger partial charge in [0, 0.05) is 11.8 Å². The second-order valence-electron chi connectivity index (χ2n) is 2.98. The van der Waals surface area contributed by atoms with Crippen LogP contribution < -0.4 is 5.73 Å². The maximum atomic E-state index is 13.4. The molecule has 5 heteroatoms. The first-order chi connectivity index (χ1) is 6.68. The number of aromatic nitrogens is 3. The third kappa shape index (κ3) is 1.32. The minimum Gasteiger partial charge on any atom is -0.384 e. The molecule has 4 nitrogen and oxygen atoms in total. The molecule has 0 amide bonds. The fraction of sp³-hybridized carbons (Fsp3) is 0.111. The summed E-state index contributed by atoms with van der Waals surface area (Å²) in [6, 6.07) is 3.24. The molecule has 0 fully saturated rings. The van der Waals surface area contributed by atoms with Gasteiger partial charge in [-0.1, -0.05) is 0 Å². The smallest absolute Gasteiger partial charge is 0.171 e. The Balaban J connectivity index is 2.55. The van der Waals surface area contributed by atoms with E-state index in [0.717, 1.165) is 0 Å². The van der Waals surface area contributed by atoms with Crippen molar-refractivity contribution in [1.82, 2.24) is 15.2 Å². The summed E-state index contributed by atoms with van der Waals surface area (Å²) in [5.74, 6) is -0.00171. The standard InChI is InChI=1S/C9H9FN4/c1-5-8(10)9(14-13-5)6-2-3-12-7(11)4-6/h2-4H,1H3,(H2,11,12)(H,13,14). The van der Waals surface area contributed by atoms with Crippen LogP contribution in [-0.4, -0.2) is 15.2 Å². The number of hydrogen-bond acceptors (Lipinski definition) is 3. The highest BCUT2D eigenvalue weighted by Gasteiger charge is 2.11. The number of H-pyrrole nitrogens is 1. The Hall–Kier alpha value is -1.91. The molecule has 0 unspecified atom stereocenters. The molecule has 0 aromatic carbocycles. The van der Waals surface area contributed by atoms with Crippen LogP contribution in [0.3, 0.4) is 0 Å². The molecule has 2 aromatic rings. The van der Waals surface area contributed by atoms with Crippen molar-refractivity contribution in [3.8, 4) is 11.3 Å². The van der Waals surface area contributed by atoms with E-state index < -0.39 is 0 Å². The van der Waals surface area contributed by atoms with Crippen molar-refractivity contribution < 1.29 is 4.39 Å². The minimum atomic E-state index is -0.351. The van der Waals surface area contributed by atoms with Crippen molar-refractivity contribution in [2.24, 2.45) is 0 Å². The van der Waals surface area contributed by atoms with Gasteiger partial charge < -0.3 is 5.73 Å². The summed E-state index contributed by atoms with van der Waals surface area (Å²) in [6.45, 7) is 1.62. The predicted molar refractivity (Wildman–Crippen MR) is 50.9 cm³/mol. The van der Waals surface area contributed by atoms with Gasteiger partial charge in [0.15, 0.2) is 5.82 Å². The van der Waals surface area contributed by atoms with E-state index in [9.17, 15) is 4.39 Å². The van der Waals surface area contributed by atoms with Crippen LogP contribution >= 0.6 is 0 Å². The Morgan fingerprint density at radius 3 is 2.86 bits per heavy atom. The van der Waals surface area contributed by atoms with Gasteiger partial charge in [-0.2, -0.15) is 5.10 Å². The number of pyridine rings is 1. The van der Waals surface area contributed by atoms with Gasteiger partial charge >= 0.3 is 0 Å². The SMILES string of the molecule is Cc1[nH]nc(-c2ccnc(N)c2)c1F. The van der Waals surface area contributed by atoms with E-state index in [1.54, 1.807) is 19.1 Å². The van der Waals surface area contributed by atoms with Crippen LogP contribution in [0.1, 0.15) is 5.69 Å². The Morgan fingerprint density at radius 1 is 1.50 bits per heavy atom. The zero-order valence-electron chi connectivity index (χ0n) is 7.58. The molecule has 0 radical (unpaired) electrons. The second kappa shape index (κ2) is 3.10. The quantitative estimate of drug-likeness (QED) is 0.719. The highest BCUT2D eigenvalue weighted by molar-refractivity contribution is 5.62. The molecule has 0 spiro atoms. The molecule has 0 atom stereocenters. The lowest BCUT2D eigenvalue weighted by Gasteiger charge is -1.97. The number of hydrogen-bond donors (Lipinski definition) is 2. The molecule has 0 aliphatic rings. The van der Waals surface area contributed by atoms with E-state index in [0.29, 0.717) is 17.1 Å². The maximum absolute atomic E-state index is 13.4. The van der Waals surface area contributed by atoms with Crippen LogP contribution in [-0.2, 0) is 0 Å². The first-order valence-electron chi connectivity index (χ1n) is 4.11. The largest absolute Gasteiger partial charge is 0.384 e. The van der Waals surface area contributed by atoms with Crippen LogP contribution in [0, 0.1) is 12.7 Å². The van der Waals surface area contributed by atoms with E-state index in [1.165, 1.54) is 6.20 Å². The van der Waals surface area contributed by atoms with Gasteiger partial charge in [-0.3, -0.25) is 5.10 Å². The molecular weight excluding hydrogens is 183 g/mol. The van der Waals surface area contributed by atoms with E-state index in [-0.39, 0.29) is 11.5 Å². The lowest BCUT2D eigenvalue weighted by atomic mass is 10.2. The number of aromatic amines is 1. The summed E-state index contributed by atoms with van der Waals surface area (Å²) in [5, 5.41) is 6.41. The second-order valence-corrected chi connectivity index (χ2v) is 2.98. The number of nitrogen functional groups attached to an aromatic ring is 1. The average Bonchev–Trinajstić information content (AvgIpc) is 2.48. The molecule has 72 valence electrons. The summed E-state index contributed by atoms with van der Waals surface area (Å²) < 4.78 is 13.4. The Kier molecular flexibility index (Phi) is 1.92. The summed E-state index contributed by atoms with van der Waals surface area (Å²) >= 11 is 0. The summed E-state index contributed by atoms with van der Waals surface area (Å²) in [6.07, 6.45) is 1.52. The van der Waals surface area contributed by atoms with Gasteiger partial charge in [0.05, 0.1) is 5.69 Å². The number of aryl methyl sites for hydroxylation is 1. The number of anilines is 1. The number of nitrogens with two attached hydrogens (primary N) is 1. The maximum Gasteiger partial charge on any atom is 0.171 e. The van der Waals surface area contributed by atoms with Crippen LogP contribution in [0.5, 0.6) is 0 Å². The normalized spacial score (nSPS) is 10.4. The van der Waals surface area contributed by atoms with E-state index in [1.807, 2.05) is 0 Å². The Morgan fingerprint density at radius 2 is 2.29 bits per heavy atom. The van der Waals surface area contributed by atoms with Gasteiger partial charge in [0.2, 0.25) is 0 Å². The van der Waals surface area contributed by atoms with Crippen LogP contribution in [0.4, 0.5) is 10.2 Å². The number of nitrogens with zero attached hydrogens (tertiary/aromatic N) is 2. The molecule has 2 aromatic heterocycles. The van der Waals surface area contributed by atoms with E-state index in [2.05, 4.69) is 15.2 Å².